The Morgan fingerprint density at radius 1 is 2.00 bits per heavy atom. The third kappa shape index (κ3) is 1.38. The van der Waals surface area contributed by atoms with E-state index in [-0.39, 0.29) is 18.2 Å². The van der Waals surface area contributed by atoms with E-state index in [1.165, 1.54) is 0 Å². The number of halogens is 1. The zero-order valence-electron chi connectivity index (χ0n) is 6.90. The minimum Gasteiger partial charge on any atom is -0.381 e. The molecule has 1 aromatic heterocycles. The van der Waals surface area contributed by atoms with Gasteiger partial charge in [-0.3, -0.25) is 4.68 Å². The summed E-state index contributed by atoms with van der Waals surface area (Å²) in [5.74, 6) is 0.108. The second kappa shape index (κ2) is 2.52. The van der Waals surface area contributed by atoms with Crippen LogP contribution >= 0.6 is 12.4 Å². The normalized spacial score (nSPS) is 15.2. The third-order valence-electron chi connectivity index (χ3n) is 0.511. The van der Waals surface area contributed by atoms with Gasteiger partial charge in [-0.25, -0.2) is 0 Å². The van der Waals surface area contributed by atoms with E-state index in [0.717, 1.165) is 10.9 Å². The van der Waals surface area contributed by atoms with Gasteiger partial charge in [0.05, 0.1) is 6.20 Å². The maximum absolute atomic E-state index is 6.82. The number of hydrogen-bond donors (Lipinski definition) is 1. The molecule has 5 heteroatoms. The van der Waals surface area contributed by atoms with Crippen LogP contribution in [-0.2, 0) is 6.98 Å². The fourth-order valence-electron chi connectivity index (χ4n) is 0.277. The first-order chi connectivity index (χ1) is 4.50. The highest BCUT2D eigenvalue weighted by Crippen LogP contribution is 1.86. The molecule has 46 valence electrons. The van der Waals surface area contributed by atoms with E-state index in [9.17, 15) is 0 Å². The van der Waals surface area contributed by atoms with Crippen LogP contribution < -0.4 is 5.73 Å². The minimum absolute atomic E-state index is 0. The topological polar surface area (TPSA) is 56.7 Å². The second-order valence-electron chi connectivity index (χ2n) is 1.09. The monoisotopic (exact) mass is 137 g/mol. The fourth-order valence-corrected chi connectivity index (χ4v) is 0.277. The average molecular weight is 138 g/mol. The summed E-state index contributed by atoms with van der Waals surface area (Å²) in [6.07, 6.45) is 1.16. The van der Waals surface area contributed by atoms with Crippen molar-refractivity contribution in [1.82, 2.24) is 15.0 Å². The molecule has 0 amide bonds. The molecule has 0 aromatic carbocycles. The molecule has 0 aliphatic rings. The zero-order chi connectivity index (χ0) is 7.78. The molecule has 2 N–H and O–H groups in total. The molecule has 0 saturated heterocycles. The van der Waals surface area contributed by atoms with Crippen molar-refractivity contribution in [3.8, 4) is 0 Å². The Hall–Kier alpha value is -0.770. The van der Waals surface area contributed by atoms with Gasteiger partial charge in [-0.05, 0) is 0 Å². The van der Waals surface area contributed by atoms with Crippen LogP contribution in [0.15, 0.2) is 6.20 Å². The Bertz CT molecular complexity index is 231. The van der Waals surface area contributed by atoms with Crippen molar-refractivity contribution in [3.05, 3.63) is 6.20 Å². The highest BCUT2D eigenvalue weighted by atomic mass is 35.5. The van der Waals surface area contributed by atoms with Crippen molar-refractivity contribution in [1.29, 1.82) is 0 Å². The van der Waals surface area contributed by atoms with Crippen molar-refractivity contribution < 1.29 is 4.11 Å². The van der Waals surface area contributed by atoms with Gasteiger partial charge in [-0.1, -0.05) is 5.21 Å². The van der Waals surface area contributed by atoms with Crippen LogP contribution in [0.4, 0.5) is 5.82 Å². The highest BCUT2D eigenvalue weighted by Gasteiger charge is 1.84. The largest absolute Gasteiger partial charge is 0.381 e. The number of nitrogens with two attached hydrogens (primary N) is 1. The Labute approximate surface area is 57.3 Å². The van der Waals surface area contributed by atoms with Crippen molar-refractivity contribution in [2.75, 3.05) is 5.73 Å². The molecule has 0 bridgehead atoms. The number of rotatable bonds is 0. The SMILES string of the molecule is Cl.[2H]C([2H])([2H])n1cc(N)nn1. The molecule has 1 heterocycles. The number of aryl methyl sites for hydroxylation is 1. The van der Waals surface area contributed by atoms with Crippen LogP contribution in [0.2, 0.25) is 0 Å². The van der Waals surface area contributed by atoms with Crippen molar-refractivity contribution in [2.24, 2.45) is 6.98 Å². The number of hydrogen-bond acceptors (Lipinski definition) is 3. The van der Waals surface area contributed by atoms with Gasteiger partial charge >= 0.3 is 0 Å². The van der Waals surface area contributed by atoms with Crippen molar-refractivity contribution in [2.45, 2.75) is 0 Å². The zero-order valence-corrected chi connectivity index (χ0v) is 4.72. The first-order valence-electron chi connectivity index (χ1n) is 3.18. The molecule has 0 aliphatic heterocycles. The summed E-state index contributed by atoms with van der Waals surface area (Å²) >= 11 is 0. The quantitative estimate of drug-likeness (QED) is 0.540. The van der Waals surface area contributed by atoms with E-state index < -0.39 is 6.98 Å². The molecule has 8 heavy (non-hydrogen) atoms. The Morgan fingerprint density at radius 3 is 3.00 bits per heavy atom. The molecular formula is C3H7ClN4. The summed E-state index contributed by atoms with van der Waals surface area (Å²) < 4.78 is 21.2. The van der Waals surface area contributed by atoms with E-state index in [2.05, 4.69) is 10.3 Å². The Morgan fingerprint density at radius 2 is 2.75 bits per heavy atom. The molecule has 1 rings (SSSR count). The van der Waals surface area contributed by atoms with E-state index >= 15 is 0 Å². The van der Waals surface area contributed by atoms with Crippen LogP contribution in [0, 0.1) is 0 Å². The molecule has 0 atom stereocenters. The highest BCUT2D eigenvalue weighted by molar-refractivity contribution is 5.85. The summed E-state index contributed by atoms with van der Waals surface area (Å²) in [5.41, 5.74) is 5.13. The first-order valence-corrected chi connectivity index (χ1v) is 1.68. The molecule has 1 aromatic rings. The summed E-state index contributed by atoms with van der Waals surface area (Å²) in [5, 5.41) is 6.58. The van der Waals surface area contributed by atoms with E-state index in [0.29, 0.717) is 0 Å². The predicted octanol–water partition coefficient (Wildman–Crippen LogP) is -0.181. The average Bonchev–Trinajstić information content (AvgIpc) is 2.11. The Balaban J connectivity index is 0.000001000. The molecular weight excluding hydrogens is 128 g/mol. The van der Waals surface area contributed by atoms with Crippen molar-refractivity contribution in [3.63, 3.8) is 0 Å². The van der Waals surface area contributed by atoms with Gasteiger partial charge in [0.1, 0.15) is 0 Å². The van der Waals surface area contributed by atoms with Crippen LogP contribution in [0.5, 0.6) is 0 Å². The number of nitrogen functional groups attached to an aromatic ring is 1. The van der Waals surface area contributed by atoms with Gasteiger partial charge in [-0.2, -0.15) is 0 Å². The van der Waals surface area contributed by atoms with E-state index in [1.807, 2.05) is 0 Å². The lowest BCUT2D eigenvalue weighted by Gasteiger charge is -1.75. The van der Waals surface area contributed by atoms with Crippen molar-refractivity contribution >= 4 is 18.2 Å². The van der Waals surface area contributed by atoms with E-state index in [1.54, 1.807) is 0 Å². The van der Waals surface area contributed by atoms with E-state index in [4.69, 9.17) is 9.85 Å². The molecule has 0 saturated carbocycles. The lowest BCUT2D eigenvalue weighted by Crippen LogP contribution is -1.85. The summed E-state index contributed by atoms with van der Waals surface area (Å²) in [7, 11) is 0. The standard InChI is InChI=1S/C3H6N4.ClH/c1-7-2-3(4)5-6-7;/h2H,4H2,1H3;1H/i1D3;. The van der Waals surface area contributed by atoms with Crippen LogP contribution in [-0.4, -0.2) is 15.0 Å². The predicted molar refractivity (Wildman–Crippen MR) is 32.7 cm³/mol. The summed E-state index contributed by atoms with van der Waals surface area (Å²) in [4.78, 5) is 0. The molecule has 4 nitrogen and oxygen atoms in total. The molecule has 0 radical (unpaired) electrons. The molecule has 0 spiro atoms. The lowest BCUT2D eigenvalue weighted by molar-refractivity contribution is 0.715. The van der Waals surface area contributed by atoms with Crippen LogP contribution in [0.1, 0.15) is 4.11 Å². The van der Waals surface area contributed by atoms with Gasteiger partial charge < -0.3 is 5.73 Å². The maximum atomic E-state index is 6.82. The minimum atomic E-state index is -2.27. The molecule has 0 unspecified atom stereocenters. The van der Waals surface area contributed by atoms with Crippen LogP contribution in [0.3, 0.4) is 0 Å². The van der Waals surface area contributed by atoms with Crippen LogP contribution in [0.25, 0.3) is 0 Å². The first kappa shape index (κ1) is 3.29. The van der Waals surface area contributed by atoms with Gasteiger partial charge in [-0.15, -0.1) is 17.5 Å². The van der Waals surface area contributed by atoms with Gasteiger partial charge in [0.15, 0.2) is 5.82 Å². The second-order valence-corrected chi connectivity index (χ2v) is 1.09. The van der Waals surface area contributed by atoms with Gasteiger partial charge in [0.2, 0.25) is 0 Å². The maximum Gasteiger partial charge on any atom is 0.165 e. The molecule has 0 fully saturated rings. The number of anilines is 1. The van der Waals surface area contributed by atoms with Gasteiger partial charge in [0.25, 0.3) is 0 Å². The fraction of sp³-hybridized carbons (Fsp3) is 0.333. The third-order valence-corrected chi connectivity index (χ3v) is 0.511. The van der Waals surface area contributed by atoms with Gasteiger partial charge in [0, 0.05) is 11.1 Å². The Kier molecular flexibility index (Phi) is 1.04. The number of nitrogens with zero attached hydrogens (tertiary/aromatic N) is 3. The smallest absolute Gasteiger partial charge is 0.165 e. The number of aromatic nitrogens is 3. The summed E-state index contributed by atoms with van der Waals surface area (Å²) in [6.45, 7) is -2.27. The summed E-state index contributed by atoms with van der Waals surface area (Å²) in [6, 6.07) is 0. The molecule has 0 aliphatic carbocycles. The lowest BCUT2D eigenvalue weighted by atomic mass is 10.8.